The van der Waals surface area contributed by atoms with Crippen LogP contribution in [0.25, 0.3) is 0 Å². The predicted octanol–water partition coefficient (Wildman–Crippen LogP) is 1.44. The van der Waals surface area contributed by atoms with Crippen molar-refractivity contribution in [3.63, 3.8) is 0 Å². The van der Waals surface area contributed by atoms with Crippen LogP contribution in [0.4, 0.5) is 11.4 Å². The highest BCUT2D eigenvalue weighted by molar-refractivity contribution is 5.93. The molecule has 144 valence electrons. The molecule has 3 rings (SSSR count). The number of carbonyl (C=O) groups is 1. The first-order valence-corrected chi connectivity index (χ1v) is 9.30. The van der Waals surface area contributed by atoms with Crippen molar-refractivity contribution in [3.8, 4) is 11.5 Å². The van der Waals surface area contributed by atoms with E-state index in [0.29, 0.717) is 17.2 Å². The van der Waals surface area contributed by atoms with Crippen LogP contribution in [-0.4, -0.2) is 52.3 Å². The number of anilines is 2. The Morgan fingerprint density at radius 1 is 1.04 bits per heavy atom. The van der Waals surface area contributed by atoms with Crippen LogP contribution < -0.4 is 24.6 Å². The highest BCUT2D eigenvalue weighted by Gasteiger charge is 2.29. The van der Waals surface area contributed by atoms with Crippen LogP contribution in [0.15, 0.2) is 48.5 Å². The van der Waals surface area contributed by atoms with E-state index in [-0.39, 0.29) is 11.9 Å². The Kier molecular flexibility index (Phi) is 6.19. The first-order chi connectivity index (χ1) is 13.1. The van der Waals surface area contributed by atoms with E-state index in [4.69, 9.17) is 9.47 Å². The molecule has 1 fully saturated rings. The molecule has 1 amide bonds. The van der Waals surface area contributed by atoms with E-state index in [9.17, 15) is 4.79 Å². The van der Waals surface area contributed by atoms with Crippen molar-refractivity contribution in [2.24, 2.45) is 0 Å². The van der Waals surface area contributed by atoms with Crippen molar-refractivity contribution < 1.29 is 19.2 Å². The van der Waals surface area contributed by atoms with E-state index in [2.05, 4.69) is 34.5 Å². The number of nitrogens with zero attached hydrogens (tertiary/aromatic N) is 1. The quantitative estimate of drug-likeness (QED) is 0.808. The molecule has 1 saturated heterocycles. The SMILES string of the molecule is COc1ccc(NC(=O)[C@H](C)[NH+]2CCN(c3ccccc3)CC2)cc1OC. The van der Waals surface area contributed by atoms with Crippen molar-refractivity contribution in [1.82, 2.24) is 0 Å². The normalized spacial score (nSPS) is 15.9. The number of para-hydroxylation sites is 1. The van der Waals surface area contributed by atoms with Gasteiger partial charge in [0.15, 0.2) is 17.5 Å². The van der Waals surface area contributed by atoms with E-state index in [1.54, 1.807) is 26.4 Å². The number of nitrogens with one attached hydrogen (secondary N) is 2. The van der Waals surface area contributed by atoms with Crippen LogP contribution in [0.1, 0.15) is 6.92 Å². The minimum Gasteiger partial charge on any atom is -0.493 e. The minimum atomic E-state index is -0.115. The number of hydrogen-bond acceptors (Lipinski definition) is 4. The number of ether oxygens (including phenoxy) is 2. The smallest absolute Gasteiger partial charge is 0.282 e. The number of benzene rings is 2. The maximum absolute atomic E-state index is 12.7. The number of piperazine rings is 1. The zero-order valence-corrected chi connectivity index (χ0v) is 16.2. The lowest BCUT2D eigenvalue weighted by Crippen LogP contribution is -3.19. The van der Waals surface area contributed by atoms with Gasteiger partial charge in [0, 0.05) is 17.4 Å². The van der Waals surface area contributed by atoms with Crippen LogP contribution in [0, 0.1) is 0 Å². The summed E-state index contributed by atoms with van der Waals surface area (Å²) >= 11 is 0. The number of methoxy groups -OCH3 is 2. The Labute approximate surface area is 160 Å². The van der Waals surface area contributed by atoms with Crippen molar-refractivity contribution in [3.05, 3.63) is 48.5 Å². The molecule has 27 heavy (non-hydrogen) atoms. The average Bonchev–Trinajstić information content (AvgIpc) is 2.73. The highest BCUT2D eigenvalue weighted by atomic mass is 16.5. The van der Waals surface area contributed by atoms with Crippen LogP contribution in [0.3, 0.4) is 0 Å². The molecule has 6 nitrogen and oxygen atoms in total. The lowest BCUT2D eigenvalue weighted by molar-refractivity contribution is -0.914. The van der Waals surface area contributed by atoms with Gasteiger partial charge in [0.2, 0.25) is 0 Å². The summed E-state index contributed by atoms with van der Waals surface area (Å²) in [4.78, 5) is 16.4. The summed E-state index contributed by atoms with van der Waals surface area (Å²) in [6.45, 7) is 5.77. The maximum Gasteiger partial charge on any atom is 0.282 e. The maximum atomic E-state index is 12.7. The molecule has 1 aliphatic heterocycles. The summed E-state index contributed by atoms with van der Waals surface area (Å²) in [6, 6.07) is 15.7. The largest absolute Gasteiger partial charge is 0.493 e. The van der Waals surface area contributed by atoms with Crippen LogP contribution in [-0.2, 0) is 4.79 Å². The van der Waals surface area contributed by atoms with Crippen molar-refractivity contribution >= 4 is 17.3 Å². The van der Waals surface area contributed by atoms with Gasteiger partial charge < -0.3 is 24.6 Å². The molecule has 0 aromatic heterocycles. The third-order valence-corrected chi connectivity index (χ3v) is 5.18. The summed E-state index contributed by atoms with van der Waals surface area (Å²) in [7, 11) is 3.18. The first-order valence-electron chi connectivity index (χ1n) is 9.30. The van der Waals surface area contributed by atoms with Gasteiger partial charge in [-0.1, -0.05) is 18.2 Å². The zero-order chi connectivity index (χ0) is 19.2. The van der Waals surface area contributed by atoms with Gasteiger partial charge in [0.25, 0.3) is 5.91 Å². The van der Waals surface area contributed by atoms with Crippen LogP contribution in [0.5, 0.6) is 11.5 Å². The second-order valence-electron chi connectivity index (χ2n) is 6.76. The monoisotopic (exact) mass is 370 g/mol. The Balaban J connectivity index is 1.57. The third kappa shape index (κ3) is 4.52. The van der Waals surface area contributed by atoms with Gasteiger partial charge >= 0.3 is 0 Å². The van der Waals surface area contributed by atoms with Gasteiger partial charge in [-0.15, -0.1) is 0 Å². The fourth-order valence-corrected chi connectivity index (χ4v) is 3.47. The third-order valence-electron chi connectivity index (χ3n) is 5.18. The number of quaternary nitrogens is 1. The molecule has 2 N–H and O–H groups in total. The Morgan fingerprint density at radius 3 is 2.33 bits per heavy atom. The van der Waals surface area contributed by atoms with Crippen molar-refractivity contribution in [2.75, 3.05) is 50.6 Å². The number of amides is 1. The van der Waals surface area contributed by atoms with E-state index in [1.807, 2.05) is 19.1 Å². The Bertz CT molecular complexity index is 759. The number of carbonyl (C=O) groups excluding carboxylic acids is 1. The lowest BCUT2D eigenvalue weighted by Gasteiger charge is -2.36. The fourth-order valence-electron chi connectivity index (χ4n) is 3.47. The minimum absolute atomic E-state index is 0.0189. The van der Waals surface area contributed by atoms with E-state index in [1.165, 1.54) is 10.6 Å². The molecule has 0 spiro atoms. The fraction of sp³-hybridized carbons (Fsp3) is 0.381. The summed E-state index contributed by atoms with van der Waals surface area (Å²) in [5.74, 6) is 1.27. The molecule has 0 aliphatic carbocycles. The van der Waals surface area contributed by atoms with Crippen LogP contribution >= 0.6 is 0 Å². The molecular formula is C21H28N3O3+. The zero-order valence-electron chi connectivity index (χ0n) is 16.2. The lowest BCUT2D eigenvalue weighted by atomic mass is 10.2. The second-order valence-corrected chi connectivity index (χ2v) is 6.76. The van der Waals surface area contributed by atoms with E-state index < -0.39 is 0 Å². The van der Waals surface area contributed by atoms with Crippen molar-refractivity contribution in [2.45, 2.75) is 13.0 Å². The van der Waals surface area contributed by atoms with E-state index in [0.717, 1.165) is 26.2 Å². The topological polar surface area (TPSA) is 55.2 Å². The van der Waals surface area contributed by atoms with Gasteiger partial charge in [-0.25, -0.2) is 0 Å². The molecule has 2 aromatic rings. The first kappa shape index (κ1) is 19.0. The van der Waals surface area contributed by atoms with Gasteiger partial charge in [-0.2, -0.15) is 0 Å². The molecular weight excluding hydrogens is 342 g/mol. The molecule has 0 saturated carbocycles. The van der Waals surface area contributed by atoms with Gasteiger partial charge in [-0.05, 0) is 31.2 Å². The summed E-state index contributed by atoms with van der Waals surface area (Å²) in [5.41, 5.74) is 1.96. The molecule has 6 heteroatoms. The molecule has 1 heterocycles. The van der Waals surface area contributed by atoms with Gasteiger partial charge in [0.05, 0.1) is 40.4 Å². The Morgan fingerprint density at radius 2 is 1.70 bits per heavy atom. The molecule has 0 bridgehead atoms. The second kappa shape index (κ2) is 8.77. The molecule has 0 radical (unpaired) electrons. The summed E-state index contributed by atoms with van der Waals surface area (Å²) < 4.78 is 10.5. The van der Waals surface area contributed by atoms with Crippen LogP contribution in [0.2, 0.25) is 0 Å². The van der Waals surface area contributed by atoms with Gasteiger partial charge in [-0.3, -0.25) is 4.79 Å². The summed E-state index contributed by atoms with van der Waals surface area (Å²) in [5, 5.41) is 3.00. The van der Waals surface area contributed by atoms with Gasteiger partial charge in [0.1, 0.15) is 0 Å². The molecule has 0 unspecified atom stereocenters. The summed E-state index contributed by atoms with van der Waals surface area (Å²) in [6.07, 6.45) is 0. The molecule has 1 aliphatic rings. The Hall–Kier alpha value is -2.73. The molecule has 1 atom stereocenters. The number of rotatable bonds is 6. The average molecular weight is 370 g/mol. The molecule has 2 aromatic carbocycles. The standard InChI is InChI=1S/C21H27N3O3/c1-16(21(25)22-17-9-10-19(26-2)20(15-17)27-3)23-11-13-24(14-12-23)18-7-5-4-6-8-18/h4-10,15-16H,11-14H2,1-3H3,(H,22,25)/p+1/t16-/m0/s1. The highest BCUT2D eigenvalue weighted by Crippen LogP contribution is 2.29. The number of hydrogen-bond donors (Lipinski definition) is 2. The predicted molar refractivity (Wildman–Crippen MR) is 107 cm³/mol. The van der Waals surface area contributed by atoms with Crippen molar-refractivity contribution in [1.29, 1.82) is 0 Å². The van der Waals surface area contributed by atoms with E-state index >= 15 is 0 Å².